The molecule has 0 atom stereocenters. The Hall–Kier alpha value is -2.10. The zero-order valence-corrected chi connectivity index (χ0v) is 11.7. The lowest BCUT2D eigenvalue weighted by molar-refractivity contribution is -0.385. The van der Waals surface area contributed by atoms with Crippen molar-refractivity contribution in [2.75, 3.05) is 18.6 Å². The van der Waals surface area contributed by atoms with Gasteiger partial charge in [-0.3, -0.25) is 14.9 Å². The molecule has 0 spiro atoms. The van der Waals surface area contributed by atoms with Gasteiger partial charge in [-0.1, -0.05) is 0 Å². The number of rotatable bonds is 6. The smallest absolute Gasteiger partial charge is 0.285 e. The van der Waals surface area contributed by atoms with Crippen LogP contribution in [0, 0.1) is 21.7 Å². The van der Waals surface area contributed by atoms with Crippen LogP contribution in [0.2, 0.25) is 0 Å². The molecule has 10 heteroatoms. The van der Waals surface area contributed by atoms with E-state index in [0.717, 1.165) is 6.26 Å². The van der Waals surface area contributed by atoms with E-state index in [1.54, 1.807) is 0 Å². The molecule has 0 radical (unpaired) electrons. The van der Waals surface area contributed by atoms with Gasteiger partial charge in [0.15, 0.2) is 11.6 Å². The van der Waals surface area contributed by atoms with Crippen LogP contribution in [0.5, 0.6) is 0 Å². The second-order valence-corrected chi connectivity index (χ2v) is 6.54. The van der Waals surface area contributed by atoms with Crippen molar-refractivity contribution in [2.45, 2.75) is 6.42 Å². The van der Waals surface area contributed by atoms with Gasteiger partial charge in [0.05, 0.1) is 16.7 Å². The first-order chi connectivity index (χ1) is 9.61. The van der Waals surface area contributed by atoms with Crippen LogP contribution in [0.15, 0.2) is 12.1 Å². The number of sulfone groups is 1. The first kappa shape index (κ1) is 17.0. The molecule has 1 N–H and O–H groups in total. The summed E-state index contributed by atoms with van der Waals surface area (Å²) in [7, 11) is -3.19. The molecule has 0 saturated carbocycles. The molecule has 1 amide bonds. The highest BCUT2D eigenvalue weighted by Crippen LogP contribution is 2.22. The molecule has 0 aliphatic carbocycles. The van der Waals surface area contributed by atoms with E-state index in [1.165, 1.54) is 0 Å². The number of nitrogens with zero attached hydrogens (tertiary/aromatic N) is 1. The van der Waals surface area contributed by atoms with Crippen LogP contribution in [0.4, 0.5) is 14.5 Å². The first-order valence-electron chi connectivity index (χ1n) is 5.71. The molecule has 0 aromatic heterocycles. The van der Waals surface area contributed by atoms with Gasteiger partial charge in [0.1, 0.15) is 15.4 Å². The zero-order valence-electron chi connectivity index (χ0n) is 10.9. The number of carbonyl (C=O) groups is 1. The minimum absolute atomic E-state index is 0.0674. The molecular formula is C11H12F2N2O5S. The van der Waals surface area contributed by atoms with E-state index >= 15 is 0 Å². The van der Waals surface area contributed by atoms with Crippen LogP contribution >= 0.6 is 0 Å². The van der Waals surface area contributed by atoms with Gasteiger partial charge >= 0.3 is 0 Å². The Bertz CT molecular complexity index is 675. The Labute approximate surface area is 119 Å². The lowest BCUT2D eigenvalue weighted by atomic mass is 10.1. The molecular weight excluding hydrogens is 310 g/mol. The Morgan fingerprint density at radius 1 is 1.33 bits per heavy atom. The fourth-order valence-corrected chi connectivity index (χ4v) is 2.17. The Balaban J connectivity index is 2.83. The van der Waals surface area contributed by atoms with E-state index in [-0.39, 0.29) is 18.7 Å². The largest absolute Gasteiger partial charge is 0.352 e. The van der Waals surface area contributed by atoms with E-state index in [4.69, 9.17) is 0 Å². The van der Waals surface area contributed by atoms with Gasteiger partial charge in [0.25, 0.3) is 11.6 Å². The highest BCUT2D eigenvalue weighted by molar-refractivity contribution is 7.90. The van der Waals surface area contributed by atoms with Crippen LogP contribution in [0.1, 0.15) is 16.8 Å². The summed E-state index contributed by atoms with van der Waals surface area (Å²) in [4.78, 5) is 21.4. The fourth-order valence-electron chi connectivity index (χ4n) is 1.50. The number of nitro groups is 1. The number of amides is 1. The molecule has 0 unspecified atom stereocenters. The standard InChI is InChI=1S/C11H12F2N2O5S/c1-21(19,20)4-2-3-14-11(16)7-5-8(12)9(13)6-10(7)15(17)18/h5-6H,2-4H2,1H3,(H,14,16). The molecule has 0 bridgehead atoms. The van der Waals surface area contributed by atoms with Crippen LogP contribution in [0.25, 0.3) is 0 Å². The summed E-state index contributed by atoms with van der Waals surface area (Å²) in [6.07, 6.45) is 1.12. The van der Waals surface area contributed by atoms with Gasteiger partial charge in [-0.25, -0.2) is 17.2 Å². The lowest BCUT2D eigenvalue weighted by Crippen LogP contribution is -2.26. The molecule has 116 valence electrons. The average molecular weight is 322 g/mol. The number of hydrogen-bond acceptors (Lipinski definition) is 5. The summed E-state index contributed by atoms with van der Waals surface area (Å²) in [5.41, 5.74) is -1.49. The Morgan fingerprint density at radius 3 is 2.43 bits per heavy atom. The maximum Gasteiger partial charge on any atom is 0.285 e. The van der Waals surface area contributed by atoms with Crippen molar-refractivity contribution in [1.82, 2.24) is 5.32 Å². The number of carbonyl (C=O) groups excluding carboxylic acids is 1. The van der Waals surface area contributed by atoms with Crippen LogP contribution in [-0.2, 0) is 9.84 Å². The maximum absolute atomic E-state index is 13.1. The summed E-state index contributed by atoms with van der Waals surface area (Å²) in [6, 6.07) is 0.750. The van der Waals surface area contributed by atoms with Crippen LogP contribution in [-0.4, -0.2) is 37.8 Å². The summed E-state index contributed by atoms with van der Waals surface area (Å²) >= 11 is 0. The molecule has 0 aliphatic heterocycles. The molecule has 1 aromatic carbocycles. The summed E-state index contributed by atoms with van der Waals surface area (Å²) in [6.45, 7) is -0.0674. The summed E-state index contributed by atoms with van der Waals surface area (Å²) in [5.74, 6) is -3.97. The predicted octanol–water partition coefficient (Wildman–Crippen LogP) is 1.04. The maximum atomic E-state index is 13.1. The zero-order chi connectivity index (χ0) is 16.2. The van der Waals surface area contributed by atoms with Gasteiger partial charge in [-0.05, 0) is 12.5 Å². The van der Waals surface area contributed by atoms with Crippen molar-refractivity contribution >= 4 is 21.4 Å². The first-order valence-corrected chi connectivity index (χ1v) is 7.77. The highest BCUT2D eigenvalue weighted by Gasteiger charge is 2.23. The molecule has 0 heterocycles. The topological polar surface area (TPSA) is 106 Å². The number of hydrogen-bond donors (Lipinski definition) is 1. The van der Waals surface area contributed by atoms with E-state index in [2.05, 4.69) is 5.32 Å². The monoisotopic (exact) mass is 322 g/mol. The second-order valence-electron chi connectivity index (χ2n) is 4.28. The van der Waals surface area contributed by atoms with Gasteiger partial charge < -0.3 is 5.32 Å². The van der Waals surface area contributed by atoms with Gasteiger partial charge in [0, 0.05) is 12.8 Å². The number of nitrogens with one attached hydrogen (secondary N) is 1. The third-order valence-corrected chi connectivity index (χ3v) is 3.49. The Kier molecular flexibility index (Phi) is 5.30. The molecule has 0 saturated heterocycles. The lowest BCUT2D eigenvalue weighted by Gasteiger charge is -2.06. The number of benzene rings is 1. The van der Waals surface area contributed by atoms with Crippen molar-refractivity contribution in [2.24, 2.45) is 0 Å². The second kappa shape index (κ2) is 6.57. The molecule has 1 aromatic rings. The van der Waals surface area contributed by atoms with E-state index < -0.39 is 43.6 Å². The normalized spacial score (nSPS) is 11.2. The molecule has 7 nitrogen and oxygen atoms in total. The third-order valence-electron chi connectivity index (χ3n) is 2.46. The van der Waals surface area contributed by atoms with Crippen molar-refractivity contribution in [1.29, 1.82) is 0 Å². The predicted molar refractivity (Wildman–Crippen MR) is 69.7 cm³/mol. The highest BCUT2D eigenvalue weighted by atomic mass is 32.2. The number of nitro benzene ring substituents is 1. The third kappa shape index (κ3) is 5.06. The van der Waals surface area contributed by atoms with E-state index in [9.17, 15) is 32.1 Å². The van der Waals surface area contributed by atoms with Crippen LogP contribution < -0.4 is 5.32 Å². The van der Waals surface area contributed by atoms with Gasteiger partial charge in [-0.2, -0.15) is 0 Å². The molecule has 0 aliphatic rings. The molecule has 0 fully saturated rings. The summed E-state index contributed by atoms with van der Waals surface area (Å²) in [5, 5.41) is 12.9. The summed E-state index contributed by atoms with van der Waals surface area (Å²) < 4.78 is 47.8. The van der Waals surface area contributed by atoms with Crippen LogP contribution in [0.3, 0.4) is 0 Å². The SMILES string of the molecule is CS(=O)(=O)CCCNC(=O)c1cc(F)c(F)cc1[N+](=O)[O-]. The van der Waals surface area contributed by atoms with Crippen molar-refractivity contribution in [3.63, 3.8) is 0 Å². The van der Waals surface area contributed by atoms with E-state index in [0.29, 0.717) is 12.1 Å². The van der Waals surface area contributed by atoms with Crippen molar-refractivity contribution < 1.29 is 26.9 Å². The van der Waals surface area contributed by atoms with Crippen molar-refractivity contribution in [3.8, 4) is 0 Å². The minimum Gasteiger partial charge on any atom is -0.352 e. The van der Waals surface area contributed by atoms with E-state index in [1.807, 2.05) is 0 Å². The fraction of sp³-hybridized carbons (Fsp3) is 0.364. The Morgan fingerprint density at radius 2 is 1.90 bits per heavy atom. The van der Waals surface area contributed by atoms with Gasteiger partial charge in [-0.15, -0.1) is 0 Å². The van der Waals surface area contributed by atoms with Crippen molar-refractivity contribution in [3.05, 3.63) is 39.4 Å². The molecule has 21 heavy (non-hydrogen) atoms. The quantitative estimate of drug-likeness (QED) is 0.478. The average Bonchev–Trinajstić information content (AvgIpc) is 2.35. The number of halogens is 2. The van der Waals surface area contributed by atoms with Gasteiger partial charge in [0.2, 0.25) is 0 Å². The minimum atomic E-state index is -3.19. The molecule has 1 rings (SSSR count).